The largest absolute Gasteiger partial charge is 0.345 e. The number of halogens is 1. The average molecular weight is 317 g/mol. The summed E-state index contributed by atoms with van der Waals surface area (Å²) in [4.78, 5) is 23.8. The van der Waals surface area contributed by atoms with Crippen molar-refractivity contribution in [2.75, 3.05) is 0 Å². The van der Waals surface area contributed by atoms with Crippen molar-refractivity contribution in [3.05, 3.63) is 66.0 Å². The van der Waals surface area contributed by atoms with Crippen molar-refractivity contribution in [2.24, 2.45) is 5.10 Å². The molecule has 2 rings (SSSR count). The third-order valence-electron chi connectivity index (χ3n) is 2.48. The summed E-state index contributed by atoms with van der Waals surface area (Å²) in [7, 11) is 0. The number of hydrogen-bond donors (Lipinski definition) is 2. The van der Waals surface area contributed by atoms with Crippen molar-refractivity contribution >= 4 is 30.0 Å². The first kappa shape index (κ1) is 15.7. The van der Waals surface area contributed by atoms with Gasteiger partial charge < -0.3 is 0 Å². The highest BCUT2D eigenvalue weighted by atomic mass is 32.2. The highest BCUT2D eigenvalue weighted by molar-refractivity contribution is 7.98. The molecule has 22 heavy (non-hydrogen) atoms. The molecule has 112 valence electrons. The average Bonchev–Trinajstić information content (AvgIpc) is 2.55. The Morgan fingerprint density at radius 2 is 1.73 bits per heavy atom. The molecule has 0 aromatic heterocycles. The number of carbonyl (C=O) groups excluding carboxylic acids is 2. The molecule has 0 radical (unpaired) electrons. The van der Waals surface area contributed by atoms with Crippen LogP contribution < -0.4 is 10.1 Å². The molecule has 0 unspecified atom stereocenters. The number of nitrogens with zero attached hydrogens (tertiary/aromatic N) is 1. The molecule has 2 aromatic carbocycles. The molecule has 0 heterocycles. The Morgan fingerprint density at radius 3 is 2.41 bits per heavy atom. The van der Waals surface area contributed by atoms with Gasteiger partial charge in [0, 0.05) is 10.5 Å². The lowest BCUT2D eigenvalue weighted by Gasteiger charge is -2.02. The summed E-state index contributed by atoms with van der Waals surface area (Å²) >= 11 is 1.00. The third-order valence-corrected chi connectivity index (χ3v) is 3.28. The molecule has 2 amide bonds. The van der Waals surface area contributed by atoms with Crippen molar-refractivity contribution in [2.45, 2.75) is 4.90 Å². The number of nitrogens with one attached hydrogen (secondary N) is 2. The zero-order chi connectivity index (χ0) is 15.8. The van der Waals surface area contributed by atoms with Gasteiger partial charge >= 0.3 is 6.03 Å². The first-order valence-electron chi connectivity index (χ1n) is 6.26. The highest BCUT2D eigenvalue weighted by Crippen LogP contribution is 2.14. The lowest BCUT2D eigenvalue weighted by Crippen LogP contribution is -2.27. The maximum absolute atomic E-state index is 12.7. The van der Waals surface area contributed by atoms with Crippen LogP contribution in [0.3, 0.4) is 0 Å². The topological polar surface area (TPSA) is 70.6 Å². The summed E-state index contributed by atoms with van der Waals surface area (Å²) in [6, 6.07) is 13.6. The highest BCUT2D eigenvalue weighted by Gasteiger charge is 2.02. The van der Waals surface area contributed by atoms with E-state index < -0.39 is 6.03 Å². The van der Waals surface area contributed by atoms with E-state index in [0.717, 1.165) is 18.2 Å². The van der Waals surface area contributed by atoms with Crippen LogP contribution in [0.15, 0.2) is 64.6 Å². The van der Waals surface area contributed by atoms with Crippen molar-refractivity contribution in [1.82, 2.24) is 10.1 Å². The zero-order valence-corrected chi connectivity index (χ0v) is 12.1. The van der Waals surface area contributed by atoms with Crippen LogP contribution in [0.25, 0.3) is 0 Å². The minimum absolute atomic E-state index is 0.313. The number of benzene rings is 2. The Bertz CT molecular complexity index is 675. The zero-order valence-electron chi connectivity index (χ0n) is 11.3. The van der Waals surface area contributed by atoms with Gasteiger partial charge in [0.2, 0.25) is 5.78 Å². The summed E-state index contributed by atoms with van der Waals surface area (Å²) in [6.45, 7) is 0. The molecule has 0 atom stereocenters. The van der Waals surface area contributed by atoms with Crippen LogP contribution in [0, 0.1) is 5.82 Å². The van der Waals surface area contributed by atoms with E-state index >= 15 is 0 Å². The predicted molar refractivity (Wildman–Crippen MR) is 83.2 cm³/mol. The van der Waals surface area contributed by atoms with Crippen LogP contribution in [0.5, 0.6) is 0 Å². The second kappa shape index (κ2) is 7.94. The summed E-state index contributed by atoms with van der Waals surface area (Å²) in [5, 5.41) is 3.56. The normalized spacial score (nSPS) is 10.4. The lowest BCUT2D eigenvalue weighted by atomic mass is 10.1. The molecular formula is C15H12FN3O2S. The molecule has 0 aliphatic rings. The summed E-state index contributed by atoms with van der Waals surface area (Å²) < 4.78 is 15.2. The second-order valence-corrected chi connectivity index (χ2v) is 4.97. The van der Waals surface area contributed by atoms with E-state index in [1.54, 1.807) is 30.3 Å². The molecule has 0 aliphatic carbocycles. The van der Waals surface area contributed by atoms with Crippen LogP contribution in [0.2, 0.25) is 0 Å². The summed E-state index contributed by atoms with van der Waals surface area (Å²) in [6.07, 6.45) is 1.03. The second-order valence-electron chi connectivity index (χ2n) is 4.09. The molecule has 2 N–H and O–H groups in total. The SMILES string of the molecule is O=C(N/N=C/C(=O)c1ccccc1)NSc1ccc(F)cc1. The van der Waals surface area contributed by atoms with Gasteiger partial charge in [0.25, 0.3) is 0 Å². The van der Waals surface area contributed by atoms with E-state index in [-0.39, 0.29) is 11.6 Å². The maximum atomic E-state index is 12.7. The van der Waals surface area contributed by atoms with Crippen molar-refractivity contribution in [3.8, 4) is 0 Å². The van der Waals surface area contributed by atoms with E-state index in [9.17, 15) is 14.0 Å². The number of rotatable bonds is 5. The van der Waals surface area contributed by atoms with Gasteiger partial charge in [-0.25, -0.2) is 14.6 Å². The fourth-order valence-corrected chi connectivity index (χ4v) is 1.99. The van der Waals surface area contributed by atoms with E-state index in [0.29, 0.717) is 10.5 Å². The number of urea groups is 1. The Morgan fingerprint density at radius 1 is 1.05 bits per heavy atom. The van der Waals surface area contributed by atoms with E-state index in [1.807, 2.05) is 0 Å². The monoisotopic (exact) mass is 317 g/mol. The standard InChI is InChI=1S/C15H12FN3O2S/c16-12-6-8-13(9-7-12)22-19-15(21)18-17-10-14(20)11-4-2-1-3-5-11/h1-10H,(H2,18,19,21)/b17-10+. The van der Waals surface area contributed by atoms with Gasteiger partial charge in [-0.2, -0.15) is 5.10 Å². The minimum Gasteiger partial charge on any atom is -0.287 e. The fraction of sp³-hybridized carbons (Fsp3) is 0. The first-order chi connectivity index (χ1) is 10.6. The lowest BCUT2D eigenvalue weighted by molar-refractivity contribution is 0.107. The number of Topliss-reactive ketones (excluding diaryl/α,β-unsaturated/α-hetero) is 1. The van der Waals surface area contributed by atoms with Crippen LogP contribution in [0.1, 0.15) is 10.4 Å². The Kier molecular flexibility index (Phi) is 5.67. The van der Waals surface area contributed by atoms with Crippen LogP contribution in [-0.2, 0) is 0 Å². The summed E-state index contributed by atoms with van der Waals surface area (Å²) in [5.41, 5.74) is 2.65. The number of ketones is 1. The first-order valence-corrected chi connectivity index (χ1v) is 7.07. The molecular weight excluding hydrogens is 305 g/mol. The summed E-state index contributed by atoms with van der Waals surface area (Å²) in [5.74, 6) is -0.662. The van der Waals surface area contributed by atoms with Gasteiger partial charge in [-0.15, -0.1) is 0 Å². The fourth-order valence-electron chi connectivity index (χ4n) is 1.46. The quantitative estimate of drug-likeness (QED) is 0.385. The number of hydrogen-bond acceptors (Lipinski definition) is 4. The van der Waals surface area contributed by atoms with Crippen molar-refractivity contribution < 1.29 is 14.0 Å². The van der Waals surface area contributed by atoms with Crippen LogP contribution in [-0.4, -0.2) is 18.0 Å². The van der Waals surface area contributed by atoms with Crippen LogP contribution in [0.4, 0.5) is 9.18 Å². The molecule has 0 fully saturated rings. The Balaban J connectivity index is 1.76. The van der Waals surface area contributed by atoms with Crippen molar-refractivity contribution in [3.63, 3.8) is 0 Å². The Hall–Kier alpha value is -2.67. The van der Waals surface area contributed by atoms with Gasteiger partial charge in [-0.05, 0) is 36.2 Å². The smallest absolute Gasteiger partial charge is 0.287 e. The van der Waals surface area contributed by atoms with Gasteiger partial charge in [-0.1, -0.05) is 30.3 Å². The molecule has 2 aromatic rings. The van der Waals surface area contributed by atoms with E-state index in [2.05, 4.69) is 15.2 Å². The maximum Gasteiger partial charge on any atom is 0.345 e. The molecule has 0 saturated carbocycles. The molecule has 0 spiro atoms. The molecule has 5 nitrogen and oxygen atoms in total. The number of carbonyl (C=O) groups is 2. The van der Waals surface area contributed by atoms with Crippen molar-refractivity contribution in [1.29, 1.82) is 0 Å². The van der Waals surface area contributed by atoms with Gasteiger partial charge in [0.05, 0.1) is 6.21 Å². The molecule has 7 heteroatoms. The third kappa shape index (κ3) is 5.02. The molecule has 0 bridgehead atoms. The van der Waals surface area contributed by atoms with Gasteiger partial charge in [0.1, 0.15) is 5.82 Å². The number of hydrazone groups is 1. The van der Waals surface area contributed by atoms with Gasteiger partial charge in [-0.3, -0.25) is 9.52 Å². The van der Waals surface area contributed by atoms with Gasteiger partial charge in [0.15, 0.2) is 0 Å². The molecule has 0 saturated heterocycles. The number of amides is 2. The van der Waals surface area contributed by atoms with E-state index in [4.69, 9.17) is 0 Å². The Labute approximate surface area is 130 Å². The molecule has 0 aliphatic heterocycles. The predicted octanol–water partition coefficient (Wildman–Crippen LogP) is 3.00. The van der Waals surface area contributed by atoms with E-state index in [1.165, 1.54) is 24.3 Å². The minimum atomic E-state index is -0.591. The van der Waals surface area contributed by atoms with Crippen LogP contribution >= 0.6 is 11.9 Å².